The lowest BCUT2D eigenvalue weighted by atomic mass is 9.84. The van der Waals surface area contributed by atoms with Gasteiger partial charge in [-0.15, -0.1) is 0 Å². The van der Waals surface area contributed by atoms with E-state index in [9.17, 15) is 19.8 Å². The molecule has 2 amide bonds. The third-order valence-corrected chi connectivity index (χ3v) is 10.4. The van der Waals surface area contributed by atoms with Crippen molar-refractivity contribution < 1.29 is 29.3 Å². The van der Waals surface area contributed by atoms with Crippen LogP contribution in [0.1, 0.15) is 86.0 Å². The Morgan fingerprint density at radius 2 is 1.53 bits per heavy atom. The van der Waals surface area contributed by atoms with E-state index in [2.05, 4.69) is 15.5 Å². The van der Waals surface area contributed by atoms with Crippen LogP contribution < -0.4 is 16.4 Å². The van der Waals surface area contributed by atoms with Crippen molar-refractivity contribution in [3.63, 3.8) is 0 Å². The van der Waals surface area contributed by atoms with Gasteiger partial charge in [0, 0.05) is 55.2 Å². The first kappa shape index (κ1) is 38.4. The number of hydrogen-bond acceptors (Lipinski definition) is 8. The zero-order valence-electron chi connectivity index (χ0n) is 29.9. The van der Waals surface area contributed by atoms with Crippen molar-refractivity contribution in [3.05, 3.63) is 124 Å². The van der Waals surface area contributed by atoms with Crippen LogP contribution in [-0.2, 0) is 31.3 Å². The molecule has 53 heavy (non-hydrogen) atoms. The molecular weight excluding hydrogens is 692 g/mol. The Labute approximate surface area is 316 Å². The molecule has 6 rings (SSSR count). The molecule has 3 atom stereocenters. The van der Waals surface area contributed by atoms with Crippen LogP contribution in [0.3, 0.4) is 0 Å². The van der Waals surface area contributed by atoms with Gasteiger partial charge in [0.25, 0.3) is 0 Å². The van der Waals surface area contributed by atoms with Gasteiger partial charge in [-0.25, -0.2) is 0 Å². The largest absolute Gasteiger partial charge is 0.397 e. The predicted octanol–water partition coefficient (Wildman–Crippen LogP) is 7.47. The van der Waals surface area contributed by atoms with Gasteiger partial charge in [-0.3, -0.25) is 9.59 Å². The number of carbonyl (C=O) groups is 2. The van der Waals surface area contributed by atoms with Crippen molar-refractivity contribution >= 4 is 40.5 Å². The number of benzene rings is 4. The molecule has 4 aromatic rings. The zero-order chi connectivity index (χ0) is 37.2. The summed E-state index contributed by atoms with van der Waals surface area (Å²) in [6.45, 7) is 2.09. The van der Waals surface area contributed by atoms with Crippen molar-refractivity contribution in [3.8, 4) is 0 Å². The number of piperidine rings is 1. The van der Waals surface area contributed by atoms with Gasteiger partial charge in [-0.05, 0) is 78.8 Å². The molecule has 0 spiro atoms. The molecule has 11 heteroatoms. The fourth-order valence-electron chi connectivity index (χ4n) is 7.03. The second-order valence-electron chi connectivity index (χ2n) is 14.1. The highest BCUT2D eigenvalue weighted by molar-refractivity contribution is 6.30. The van der Waals surface area contributed by atoms with Crippen molar-refractivity contribution in [2.45, 2.75) is 82.1 Å². The number of nitrogens with zero attached hydrogens (tertiary/aromatic N) is 1. The van der Waals surface area contributed by atoms with Gasteiger partial charge >= 0.3 is 0 Å². The molecule has 2 fully saturated rings. The maximum absolute atomic E-state index is 12.9. The van der Waals surface area contributed by atoms with E-state index < -0.39 is 11.9 Å². The number of halogens is 1. The van der Waals surface area contributed by atoms with E-state index in [1.807, 2.05) is 84.9 Å². The number of nitrogens with one attached hydrogen (secondary N) is 2. The van der Waals surface area contributed by atoms with Crippen LogP contribution in [0, 0.1) is 0 Å². The predicted molar refractivity (Wildman–Crippen MR) is 207 cm³/mol. The molecule has 4 aromatic carbocycles. The molecule has 0 aliphatic carbocycles. The van der Waals surface area contributed by atoms with Crippen molar-refractivity contribution in [1.29, 1.82) is 0 Å². The van der Waals surface area contributed by atoms with E-state index in [1.165, 1.54) is 0 Å². The van der Waals surface area contributed by atoms with Crippen LogP contribution in [0.25, 0.3) is 0 Å². The summed E-state index contributed by atoms with van der Waals surface area (Å²) in [4.78, 5) is 27.5. The standard InChI is InChI=1S/C42H49ClN4O6/c43-33-19-17-32(18-20-33)42(51)21-23-47(24-22-42)27-35-26-38(30-15-13-29(28-48)14-16-30)53-41(52-35)31-7-6-8-34(25-31)45-39(49)11-2-1-3-12-40(50)46-37-10-5-4-9-36(37)44/h4-10,13-20,25,35,38,41,48,51H,1-3,11-12,21-24,26-28,44H2,(H,45,49)(H,46,50)/t35-,38+,41+/m0/s1. The summed E-state index contributed by atoms with van der Waals surface area (Å²) in [5, 5.41) is 27.5. The molecule has 6 N–H and O–H groups in total. The highest BCUT2D eigenvalue weighted by Gasteiger charge is 2.37. The second kappa shape index (κ2) is 18.2. The number of nitrogen functional groups attached to an aromatic ring is 1. The lowest BCUT2D eigenvalue weighted by molar-refractivity contribution is -0.253. The summed E-state index contributed by atoms with van der Waals surface area (Å²) in [6.07, 6.45) is 3.57. The SMILES string of the molecule is Nc1ccccc1NC(=O)CCCCCC(=O)Nc1cccc([C@@H]2O[C@H](CN3CCC(O)(c4ccc(Cl)cc4)CC3)C[C@H](c3ccc(CO)cc3)O2)c1. The van der Waals surface area contributed by atoms with E-state index in [-0.39, 0.29) is 30.6 Å². The van der Waals surface area contributed by atoms with E-state index in [0.29, 0.717) is 73.6 Å². The lowest BCUT2D eigenvalue weighted by Crippen LogP contribution is -2.46. The molecule has 0 bridgehead atoms. The normalized spacial score (nSPS) is 20.1. The Balaban J connectivity index is 1.03. The minimum atomic E-state index is -0.892. The number of carbonyl (C=O) groups excluding carboxylic acids is 2. The number of ether oxygens (including phenoxy) is 2. The van der Waals surface area contributed by atoms with Gasteiger partial charge in [0.05, 0.1) is 35.8 Å². The molecular formula is C42H49ClN4O6. The Morgan fingerprint density at radius 1 is 0.830 bits per heavy atom. The number of hydrogen-bond donors (Lipinski definition) is 5. The van der Waals surface area contributed by atoms with Gasteiger partial charge < -0.3 is 41.0 Å². The second-order valence-corrected chi connectivity index (χ2v) is 14.5. The molecule has 2 aliphatic heterocycles. The molecule has 0 radical (unpaired) electrons. The van der Waals surface area contributed by atoms with Crippen LogP contribution in [0.15, 0.2) is 97.1 Å². The molecule has 280 valence electrons. The minimum absolute atomic E-state index is 0.0299. The monoisotopic (exact) mass is 740 g/mol. The van der Waals surface area contributed by atoms with E-state index in [1.54, 1.807) is 12.1 Å². The highest BCUT2D eigenvalue weighted by Crippen LogP contribution is 2.40. The smallest absolute Gasteiger partial charge is 0.224 e. The maximum atomic E-state index is 12.9. The van der Waals surface area contributed by atoms with Gasteiger partial charge in [0.2, 0.25) is 11.8 Å². The number of anilines is 3. The Kier molecular flexibility index (Phi) is 13.2. The van der Waals surface area contributed by atoms with Gasteiger partial charge in [0.15, 0.2) is 6.29 Å². The van der Waals surface area contributed by atoms with Crippen LogP contribution in [0.2, 0.25) is 5.02 Å². The molecule has 2 aliphatic rings. The molecule has 2 heterocycles. The Morgan fingerprint density at radius 3 is 2.23 bits per heavy atom. The summed E-state index contributed by atoms with van der Waals surface area (Å²) >= 11 is 6.09. The van der Waals surface area contributed by atoms with E-state index in [4.69, 9.17) is 26.8 Å². The third-order valence-electron chi connectivity index (χ3n) is 10.1. The third kappa shape index (κ3) is 10.7. The summed E-state index contributed by atoms with van der Waals surface area (Å²) < 4.78 is 13.2. The molecule has 0 saturated carbocycles. The number of likely N-dealkylation sites (tertiary alicyclic amines) is 1. The fraction of sp³-hybridized carbons (Fsp3) is 0.381. The lowest BCUT2D eigenvalue weighted by Gasteiger charge is -2.42. The number of nitrogens with two attached hydrogens (primary N) is 1. The molecule has 10 nitrogen and oxygen atoms in total. The average molecular weight is 741 g/mol. The van der Waals surface area contributed by atoms with Crippen LogP contribution >= 0.6 is 11.6 Å². The summed E-state index contributed by atoms with van der Waals surface area (Å²) in [6, 6.07) is 30.0. The summed E-state index contributed by atoms with van der Waals surface area (Å²) in [5.74, 6) is -0.197. The first-order chi connectivity index (χ1) is 25.7. The Bertz CT molecular complexity index is 1810. The molecule has 0 aromatic heterocycles. The first-order valence-corrected chi connectivity index (χ1v) is 18.8. The number of rotatable bonds is 14. The molecule has 0 unspecified atom stereocenters. The average Bonchev–Trinajstić information content (AvgIpc) is 3.17. The maximum Gasteiger partial charge on any atom is 0.224 e. The zero-order valence-corrected chi connectivity index (χ0v) is 30.6. The quantitative estimate of drug-likeness (QED) is 0.0661. The van der Waals surface area contributed by atoms with E-state index >= 15 is 0 Å². The summed E-state index contributed by atoms with van der Waals surface area (Å²) in [7, 11) is 0. The van der Waals surface area contributed by atoms with Crippen LogP contribution in [0.5, 0.6) is 0 Å². The van der Waals surface area contributed by atoms with Crippen LogP contribution in [0.4, 0.5) is 17.1 Å². The van der Waals surface area contributed by atoms with Gasteiger partial charge in [0.1, 0.15) is 0 Å². The van der Waals surface area contributed by atoms with Crippen molar-refractivity contribution in [2.75, 3.05) is 36.0 Å². The van der Waals surface area contributed by atoms with Gasteiger partial charge in [-0.2, -0.15) is 0 Å². The number of unbranched alkanes of at least 4 members (excludes halogenated alkanes) is 2. The first-order valence-electron chi connectivity index (χ1n) is 18.4. The van der Waals surface area contributed by atoms with Crippen molar-refractivity contribution in [2.24, 2.45) is 0 Å². The molecule has 2 saturated heterocycles. The van der Waals surface area contributed by atoms with E-state index in [0.717, 1.165) is 41.8 Å². The van der Waals surface area contributed by atoms with Crippen molar-refractivity contribution in [1.82, 2.24) is 4.90 Å². The minimum Gasteiger partial charge on any atom is -0.397 e. The Hall–Kier alpha value is -4.29. The topological polar surface area (TPSA) is 146 Å². The summed E-state index contributed by atoms with van der Waals surface area (Å²) in [5.41, 5.74) is 10.3. The highest BCUT2D eigenvalue weighted by atomic mass is 35.5. The number of para-hydroxylation sites is 2. The van der Waals surface area contributed by atoms with Gasteiger partial charge in [-0.1, -0.05) is 78.7 Å². The van der Waals surface area contributed by atoms with Crippen LogP contribution in [-0.4, -0.2) is 52.7 Å². The fourth-order valence-corrected chi connectivity index (χ4v) is 7.16. The number of aliphatic hydroxyl groups excluding tert-OH is 1. The number of aliphatic hydroxyl groups is 2. The number of amides is 2.